The van der Waals surface area contributed by atoms with Crippen LogP contribution in [0.4, 0.5) is 0 Å². The van der Waals surface area contributed by atoms with Crippen molar-refractivity contribution >= 4 is 41.2 Å². The van der Waals surface area contributed by atoms with Gasteiger partial charge >= 0.3 is 5.97 Å². The number of ether oxygens (including phenoxy) is 1. The lowest BCUT2D eigenvalue weighted by molar-refractivity contribution is -0.143. The van der Waals surface area contributed by atoms with Crippen LogP contribution in [0.1, 0.15) is 5.56 Å². The van der Waals surface area contributed by atoms with Gasteiger partial charge in [-0.25, -0.2) is 0 Å². The smallest absolute Gasteiger partial charge is 0.323 e. The number of methoxy groups -OCH3 is 1. The number of carbonyl (C=O) groups excluding carboxylic acids is 1. The van der Waals surface area contributed by atoms with Gasteiger partial charge in [0.2, 0.25) is 5.91 Å². The van der Waals surface area contributed by atoms with Gasteiger partial charge in [-0.05, 0) is 29.8 Å². The van der Waals surface area contributed by atoms with E-state index in [1.165, 1.54) is 24.2 Å². The molecule has 21 heavy (non-hydrogen) atoms. The molecular formula is C14H15Cl2NO4. The van der Waals surface area contributed by atoms with Gasteiger partial charge in [-0.2, -0.15) is 0 Å². The fourth-order valence-electron chi connectivity index (χ4n) is 1.58. The first-order chi connectivity index (χ1) is 9.92. The summed E-state index contributed by atoms with van der Waals surface area (Å²) in [6.07, 6.45) is 2.81. The van der Waals surface area contributed by atoms with Crippen LogP contribution in [0, 0.1) is 0 Å². The molecule has 1 rings (SSSR count). The van der Waals surface area contributed by atoms with E-state index < -0.39 is 11.9 Å². The van der Waals surface area contributed by atoms with E-state index in [1.54, 1.807) is 18.2 Å². The second-order valence-corrected chi connectivity index (χ2v) is 5.06. The Bertz CT molecular complexity index is 526. The third kappa shape index (κ3) is 6.62. The number of carbonyl (C=O) groups is 2. The predicted molar refractivity (Wildman–Crippen MR) is 81.6 cm³/mol. The zero-order valence-electron chi connectivity index (χ0n) is 11.4. The zero-order valence-corrected chi connectivity index (χ0v) is 12.9. The third-order valence-corrected chi connectivity index (χ3v) is 2.94. The summed E-state index contributed by atoms with van der Waals surface area (Å²) in [5.41, 5.74) is 0.655. The first-order valence-corrected chi connectivity index (χ1v) is 6.82. The fraction of sp³-hybridized carbons (Fsp3) is 0.286. The molecule has 0 saturated heterocycles. The maximum absolute atomic E-state index is 12.0. The normalized spacial score (nSPS) is 10.8. The second-order valence-electron chi connectivity index (χ2n) is 4.18. The van der Waals surface area contributed by atoms with E-state index in [1.807, 2.05) is 0 Å². The Balaban J connectivity index is 2.78. The molecule has 0 aliphatic carbocycles. The van der Waals surface area contributed by atoms with Crippen LogP contribution in [-0.2, 0) is 14.3 Å². The van der Waals surface area contributed by atoms with E-state index in [2.05, 4.69) is 0 Å². The van der Waals surface area contributed by atoms with E-state index in [0.717, 1.165) is 0 Å². The minimum absolute atomic E-state index is 0.197. The summed E-state index contributed by atoms with van der Waals surface area (Å²) in [6.45, 7) is 0.0704. The number of hydrogen-bond acceptors (Lipinski definition) is 3. The molecule has 1 aromatic rings. The lowest BCUT2D eigenvalue weighted by Gasteiger charge is -2.18. The van der Waals surface area contributed by atoms with Gasteiger partial charge in [0.25, 0.3) is 0 Å². The van der Waals surface area contributed by atoms with Crippen molar-refractivity contribution in [1.29, 1.82) is 0 Å². The van der Waals surface area contributed by atoms with E-state index in [0.29, 0.717) is 15.6 Å². The van der Waals surface area contributed by atoms with Crippen molar-refractivity contribution in [2.75, 3.05) is 26.8 Å². The fourth-order valence-corrected chi connectivity index (χ4v) is 2.12. The molecule has 0 bridgehead atoms. The van der Waals surface area contributed by atoms with Crippen LogP contribution in [-0.4, -0.2) is 48.7 Å². The highest BCUT2D eigenvalue weighted by atomic mass is 35.5. The minimum atomic E-state index is -1.08. The molecule has 0 aliphatic heterocycles. The Morgan fingerprint density at radius 1 is 1.29 bits per heavy atom. The van der Waals surface area contributed by atoms with Gasteiger partial charge in [0.15, 0.2) is 0 Å². The molecule has 0 aliphatic rings. The molecule has 1 aromatic carbocycles. The predicted octanol–water partition coefficient (Wildman–Crippen LogP) is 2.57. The Morgan fingerprint density at radius 2 is 1.90 bits per heavy atom. The molecule has 1 amide bonds. The SMILES string of the molecule is COCCN(CC(=O)O)C(=O)C=Cc1cc(Cl)cc(Cl)c1. The van der Waals surface area contributed by atoms with Crippen molar-refractivity contribution in [3.05, 3.63) is 39.9 Å². The van der Waals surface area contributed by atoms with Crippen LogP contribution < -0.4 is 0 Å². The van der Waals surface area contributed by atoms with Gasteiger partial charge in [0, 0.05) is 29.8 Å². The quantitative estimate of drug-likeness (QED) is 0.780. The summed E-state index contributed by atoms with van der Waals surface area (Å²) in [5, 5.41) is 9.71. The number of amides is 1. The first-order valence-electron chi connectivity index (χ1n) is 6.06. The van der Waals surface area contributed by atoms with Crippen molar-refractivity contribution < 1.29 is 19.4 Å². The van der Waals surface area contributed by atoms with Crippen LogP contribution in [0.25, 0.3) is 6.08 Å². The maximum atomic E-state index is 12.0. The van der Waals surface area contributed by atoms with Gasteiger partial charge < -0.3 is 14.7 Å². The highest BCUT2D eigenvalue weighted by Crippen LogP contribution is 2.19. The maximum Gasteiger partial charge on any atom is 0.323 e. The van der Waals surface area contributed by atoms with Crippen LogP contribution in [0.2, 0.25) is 10.0 Å². The Hall–Kier alpha value is -1.56. The van der Waals surface area contributed by atoms with Gasteiger partial charge in [-0.1, -0.05) is 23.2 Å². The van der Waals surface area contributed by atoms with Crippen molar-refractivity contribution in [1.82, 2.24) is 4.90 Å². The Labute approximate surface area is 132 Å². The summed E-state index contributed by atoms with van der Waals surface area (Å²) >= 11 is 11.7. The van der Waals surface area contributed by atoms with Gasteiger partial charge in [-0.15, -0.1) is 0 Å². The highest BCUT2D eigenvalue weighted by molar-refractivity contribution is 6.34. The van der Waals surface area contributed by atoms with E-state index in [-0.39, 0.29) is 19.7 Å². The van der Waals surface area contributed by atoms with Crippen molar-refractivity contribution in [3.63, 3.8) is 0 Å². The number of carboxylic acid groups (broad SMARTS) is 1. The van der Waals surface area contributed by atoms with Gasteiger partial charge in [0.05, 0.1) is 6.61 Å². The van der Waals surface area contributed by atoms with Crippen LogP contribution in [0.5, 0.6) is 0 Å². The highest BCUT2D eigenvalue weighted by Gasteiger charge is 2.13. The van der Waals surface area contributed by atoms with Crippen LogP contribution in [0.3, 0.4) is 0 Å². The van der Waals surface area contributed by atoms with Crippen molar-refractivity contribution in [2.24, 2.45) is 0 Å². The monoisotopic (exact) mass is 331 g/mol. The zero-order chi connectivity index (χ0) is 15.8. The number of nitrogens with zero attached hydrogens (tertiary/aromatic N) is 1. The van der Waals surface area contributed by atoms with Gasteiger partial charge in [-0.3, -0.25) is 9.59 Å². The van der Waals surface area contributed by atoms with E-state index in [4.69, 9.17) is 33.0 Å². The Kier molecular flexibility index (Phi) is 7.22. The van der Waals surface area contributed by atoms with E-state index >= 15 is 0 Å². The molecule has 7 heteroatoms. The molecule has 0 spiro atoms. The number of hydrogen-bond donors (Lipinski definition) is 1. The summed E-state index contributed by atoms with van der Waals surface area (Å²) in [7, 11) is 1.48. The largest absolute Gasteiger partial charge is 0.480 e. The molecule has 0 radical (unpaired) electrons. The van der Waals surface area contributed by atoms with Crippen molar-refractivity contribution in [3.8, 4) is 0 Å². The second kappa shape index (κ2) is 8.67. The minimum Gasteiger partial charge on any atom is -0.480 e. The molecule has 0 heterocycles. The number of halogens is 2. The van der Waals surface area contributed by atoms with Crippen molar-refractivity contribution in [2.45, 2.75) is 0 Å². The van der Waals surface area contributed by atoms with Gasteiger partial charge in [0.1, 0.15) is 6.54 Å². The average molecular weight is 332 g/mol. The number of benzene rings is 1. The molecule has 5 nitrogen and oxygen atoms in total. The first kappa shape index (κ1) is 17.5. The molecule has 0 unspecified atom stereocenters. The summed E-state index contributed by atoms with van der Waals surface area (Å²) < 4.78 is 4.85. The number of carboxylic acids is 1. The van der Waals surface area contributed by atoms with Crippen LogP contribution in [0.15, 0.2) is 24.3 Å². The lowest BCUT2D eigenvalue weighted by Crippen LogP contribution is -2.36. The summed E-state index contributed by atoms with van der Waals surface area (Å²) in [6, 6.07) is 4.87. The third-order valence-electron chi connectivity index (χ3n) is 2.51. The molecule has 0 fully saturated rings. The molecule has 0 aromatic heterocycles. The Morgan fingerprint density at radius 3 is 2.43 bits per heavy atom. The standard InChI is InChI=1S/C14H15Cl2NO4/c1-21-5-4-17(9-14(19)20)13(18)3-2-10-6-11(15)8-12(16)7-10/h2-3,6-8H,4-5,9H2,1H3,(H,19,20). The average Bonchev–Trinajstić information content (AvgIpc) is 2.39. The molecule has 1 N–H and O–H groups in total. The topological polar surface area (TPSA) is 66.8 Å². The number of rotatable bonds is 7. The molecule has 114 valence electrons. The lowest BCUT2D eigenvalue weighted by atomic mass is 10.2. The summed E-state index contributed by atoms with van der Waals surface area (Å²) in [5.74, 6) is -1.51. The number of aliphatic carboxylic acids is 1. The summed E-state index contributed by atoms with van der Waals surface area (Å²) in [4.78, 5) is 23.9. The van der Waals surface area contributed by atoms with E-state index in [9.17, 15) is 9.59 Å². The van der Waals surface area contributed by atoms with Crippen LogP contribution >= 0.6 is 23.2 Å². The molecule has 0 saturated carbocycles. The molecule has 0 atom stereocenters. The molecular weight excluding hydrogens is 317 g/mol.